The molecule has 1 heterocycles. The molecule has 2 aromatic rings. The largest absolute Gasteiger partial charge is 0.490 e. The number of benzene rings is 2. The highest BCUT2D eigenvalue weighted by Crippen LogP contribution is 2.39. The van der Waals surface area contributed by atoms with Crippen molar-refractivity contribution in [3.63, 3.8) is 0 Å². The summed E-state index contributed by atoms with van der Waals surface area (Å²) in [7, 11) is -4.01. The number of carbonyl (C=O) groups excluding carboxylic acids is 1. The Balaban J connectivity index is 1.98. The van der Waals surface area contributed by atoms with Gasteiger partial charge in [-0.25, -0.2) is 12.8 Å². The van der Waals surface area contributed by atoms with E-state index >= 15 is 0 Å². The fourth-order valence-corrected chi connectivity index (χ4v) is 4.50. The number of amides is 1. The van der Waals surface area contributed by atoms with Crippen molar-refractivity contribution in [3.8, 4) is 5.75 Å². The van der Waals surface area contributed by atoms with Gasteiger partial charge >= 0.3 is 0 Å². The van der Waals surface area contributed by atoms with E-state index in [1.54, 1.807) is 23.1 Å². The Morgan fingerprint density at radius 2 is 1.94 bits per heavy atom. The van der Waals surface area contributed by atoms with Gasteiger partial charge < -0.3 is 9.64 Å². The zero-order valence-corrected chi connectivity index (χ0v) is 19.5. The van der Waals surface area contributed by atoms with Crippen molar-refractivity contribution >= 4 is 38.9 Å². The first-order chi connectivity index (χ1) is 14.4. The van der Waals surface area contributed by atoms with Gasteiger partial charge in [0.25, 0.3) is 10.0 Å². The van der Waals surface area contributed by atoms with Crippen molar-refractivity contribution in [2.45, 2.75) is 39.0 Å². The second kappa shape index (κ2) is 8.67. The van der Waals surface area contributed by atoms with Crippen molar-refractivity contribution in [2.75, 3.05) is 22.8 Å². The van der Waals surface area contributed by atoms with Gasteiger partial charge in [-0.3, -0.25) is 9.52 Å². The van der Waals surface area contributed by atoms with Gasteiger partial charge in [0, 0.05) is 6.54 Å². The zero-order chi connectivity index (χ0) is 23.0. The molecule has 168 valence electrons. The van der Waals surface area contributed by atoms with Gasteiger partial charge in [0.15, 0.2) is 0 Å². The number of nitrogens with one attached hydrogen (secondary N) is 1. The summed E-state index contributed by atoms with van der Waals surface area (Å²) in [6.45, 7) is 8.50. The molecule has 0 aromatic heterocycles. The SMILES string of the molecule is CC(C)CCN1C(=O)C(C)(C)COc2ccc(NS(=O)(=O)c3ccc(F)c(Cl)c3)cc21. The summed E-state index contributed by atoms with van der Waals surface area (Å²) >= 11 is 5.73. The van der Waals surface area contributed by atoms with Gasteiger partial charge in [0.05, 0.1) is 26.7 Å². The quantitative estimate of drug-likeness (QED) is 0.641. The Morgan fingerprint density at radius 3 is 2.58 bits per heavy atom. The average molecular weight is 469 g/mol. The van der Waals surface area contributed by atoms with Gasteiger partial charge in [0.2, 0.25) is 5.91 Å². The van der Waals surface area contributed by atoms with E-state index in [0.717, 1.165) is 24.6 Å². The fourth-order valence-electron chi connectivity index (χ4n) is 3.18. The lowest BCUT2D eigenvalue weighted by atomic mass is 9.92. The van der Waals surface area contributed by atoms with Crippen LogP contribution in [0, 0.1) is 17.2 Å². The van der Waals surface area contributed by atoms with E-state index < -0.39 is 21.3 Å². The first-order valence-electron chi connectivity index (χ1n) is 9.97. The van der Waals surface area contributed by atoms with E-state index in [0.29, 0.717) is 23.9 Å². The Bertz CT molecular complexity index is 1100. The number of halogens is 2. The third-order valence-electron chi connectivity index (χ3n) is 5.05. The number of hydrogen-bond donors (Lipinski definition) is 1. The molecule has 0 bridgehead atoms. The summed E-state index contributed by atoms with van der Waals surface area (Å²) < 4.78 is 47.3. The predicted octanol–water partition coefficient (Wildman–Crippen LogP) is 5.08. The molecule has 0 fully saturated rings. The van der Waals surface area contributed by atoms with Crippen LogP contribution < -0.4 is 14.4 Å². The number of carbonyl (C=O) groups is 1. The van der Waals surface area contributed by atoms with Crippen LogP contribution in [0.5, 0.6) is 5.75 Å². The molecule has 0 atom stereocenters. The minimum Gasteiger partial charge on any atom is -0.490 e. The third-order valence-corrected chi connectivity index (χ3v) is 6.71. The molecule has 0 radical (unpaired) electrons. The van der Waals surface area contributed by atoms with Crippen LogP contribution in [0.15, 0.2) is 41.3 Å². The van der Waals surface area contributed by atoms with E-state index in [4.69, 9.17) is 16.3 Å². The van der Waals surface area contributed by atoms with Crippen LogP contribution in [-0.4, -0.2) is 27.5 Å². The highest BCUT2D eigenvalue weighted by molar-refractivity contribution is 7.92. The van der Waals surface area contributed by atoms with Gasteiger partial charge in [-0.1, -0.05) is 25.4 Å². The zero-order valence-electron chi connectivity index (χ0n) is 17.9. The smallest absolute Gasteiger partial charge is 0.261 e. The summed E-state index contributed by atoms with van der Waals surface area (Å²) in [6.07, 6.45) is 0.783. The number of anilines is 2. The summed E-state index contributed by atoms with van der Waals surface area (Å²) in [5, 5.41) is -0.286. The lowest BCUT2D eigenvalue weighted by Gasteiger charge is -2.28. The second-order valence-corrected chi connectivity index (χ2v) is 10.8. The van der Waals surface area contributed by atoms with Crippen LogP contribution in [0.3, 0.4) is 0 Å². The molecule has 9 heteroatoms. The van der Waals surface area contributed by atoms with E-state index in [1.165, 1.54) is 0 Å². The molecule has 0 unspecified atom stereocenters. The fraction of sp³-hybridized carbons (Fsp3) is 0.409. The number of sulfonamides is 1. The van der Waals surface area contributed by atoms with Crippen molar-refractivity contribution < 1.29 is 22.3 Å². The molecule has 3 rings (SSSR count). The molecule has 0 saturated heterocycles. The molecule has 1 N–H and O–H groups in total. The first kappa shape index (κ1) is 23.3. The molecule has 6 nitrogen and oxygen atoms in total. The molecule has 0 aliphatic carbocycles. The summed E-state index contributed by atoms with van der Waals surface area (Å²) in [6, 6.07) is 7.96. The normalized spacial score (nSPS) is 16.0. The Kier molecular flexibility index (Phi) is 6.53. The molecule has 1 aliphatic rings. The third kappa shape index (κ3) is 5.13. The summed E-state index contributed by atoms with van der Waals surface area (Å²) in [5.41, 5.74) is 0.0407. The summed E-state index contributed by atoms with van der Waals surface area (Å²) in [5.74, 6) is 0.103. The Morgan fingerprint density at radius 1 is 1.23 bits per heavy atom. The van der Waals surface area contributed by atoms with Crippen molar-refractivity contribution in [1.82, 2.24) is 0 Å². The second-order valence-electron chi connectivity index (χ2n) is 8.68. The number of hydrogen-bond acceptors (Lipinski definition) is 4. The predicted molar refractivity (Wildman–Crippen MR) is 120 cm³/mol. The molecular weight excluding hydrogens is 443 g/mol. The Labute approximate surface area is 187 Å². The first-order valence-corrected chi connectivity index (χ1v) is 11.8. The van der Waals surface area contributed by atoms with Crippen LogP contribution in [0.2, 0.25) is 5.02 Å². The van der Waals surface area contributed by atoms with Crippen LogP contribution in [0.25, 0.3) is 0 Å². The van der Waals surface area contributed by atoms with Crippen molar-refractivity contribution in [2.24, 2.45) is 11.3 Å². The van der Waals surface area contributed by atoms with E-state index in [9.17, 15) is 17.6 Å². The highest BCUT2D eigenvalue weighted by Gasteiger charge is 2.37. The molecule has 0 saturated carbocycles. The standard InChI is InChI=1S/C22H26ClFN2O4S/c1-14(2)9-10-26-19-11-15(5-8-20(19)30-13-22(3,4)21(26)27)25-31(28,29)16-6-7-18(24)17(23)12-16/h5-8,11-12,14,25H,9-10,13H2,1-4H3. The van der Waals surface area contributed by atoms with E-state index in [2.05, 4.69) is 18.6 Å². The van der Waals surface area contributed by atoms with Gasteiger partial charge in [0.1, 0.15) is 18.2 Å². The highest BCUT2D eigenvalue weighted by atomic mass is 35.5. The minimum atomic E-state index is -4.01. The molecular formula is C22H26ClFN2O4S. The Hall–Kier alpha value is -2.32. The topological polar surface area (TPSA) is 75.7 Å². The number of fused-ring (bicyclic) bond motifs is 1. The van der Waals surface area contributed by atoms with E-state index in [1.807, 2.05) is 13.8 Å². The van der Waals surface area contributed by atoms with Gasteiger partial charge in [-0.15, -0.1) is 0 Å². The van der Waals surface area contributed by atoms with Crippen LogP contribution in [0.1, 0.15) is 34.1 Å². The maximum Gasteiger partial charge on any atom is 0.261 e. The lowest BCUT2D eigenvalue weighted by Crippen LogP contribution is -2.42. The van der Waals surface area contributed by atoms with Crippen LogP contribution >= 0.6 is 11.6 Å². The maximum absolute atomic E-state index is 13.4. The van der Waals surface area contributed by atoms with Crippen molar-refractivity contribution in [3.05, 3.63) is 47.2 Å². The number of rotatable bonds is 6. The minimum absolute atomic E-state index is 0.0859. The lowest BCUT2D eigenvalue weighted by molar-refractivity contribution is -0.127. The number of nitrogens with zero attached hydrogens (tertiary/aromatic N) is 1. The molecule has 0 spiro atoms. The van der Waals surface area contributed by atoms with Crippen LogP contribution in [0.4, 0.5) is 15.8 Å². The molecule has 2 aromatic carbocycles. The molecule has 1 aliphatic heterocycles. The average Bonchev–Trinajstić information content (AvgIpc) is 2.77. The monoisotopic (exact) mass is 468 g/mol. The number of ether oxygens (including phenoxy) is 1. The van der Waals surface area contributed by atoms with E-state index in [-0.39, 0.29) is 28.1 Å². The summed E-state index contributed by atoms with van der Waals surface area (Å²) in [4.78, 5) is 14.7. The van der Waals surface area contributed by atoms with Gasteiger partial charge in [-0.2, -0.15) is 0 Å². The van der Waals surface area contributed by atoms with Crippen molar-refractivity contribution in [1.29, 1.82) is 0 Å². The van der Waals surface area contributed by atoms with Crippen LogP contribution in [-0.2, 0) is 14.8 Å². The molecule has 1 amide bonds. The molecule has 31 heavy (non-hydrogen) atoms. The maximum atomic E-state index is 13.4. The van der Waals surface area contributed by atoms with Gasteiger partial charge in [-0.05, 0) is 62.6 Å².